The average Bonchev–Trinajstić information content (AvgIpc) is 2.87. The van der Waals surface area contributed by atoms with Crippen LogP contribution in [0.1, 0.15) is 41.5 Å². The van der Waals surface area contributed by atoms with Crippen molar-refractivity contribution >= 4 is 40.8 Å². The largest absolute Gasteiger partial charge is 0.399 e. The number of nitrogen functional groups attached to an aromatic ring is 1. The van der Waals surface area contributed by atoms with Crippen molar-refractivity contribution < 1.29 is 19.2 Å². The second-order valence-corrected chi connectivity index (χ2v) is 7.25. The number of fused-ring (bicyclic) bond motifs is 1. The smallest absolute Gasteiger partial charge is 0.333 e. The summed E-state index contributed by atoms with van der Waals surface area (Å²) in [4.78, 5) is 51.9. The Labute approximate surface area is 168 Å². The number of carbonyl (C=O) groups excluding carboxylic acids is 4. The van der Waals surface area contributed by atoms with Crippen molar-refractivity contribution in [3.63, 3.8) is 0 Å². The van der Waals surface area contributed by atoms with Crippen molar-refractivity contribution in [1.29, 1.82) is 0 Å². The Morgan fingerprint density at radius 1 is 1.03 bits per heavy atom. The van der Waals surface area contributed by atoms with Crippen molar-refractivity contribution in [2.24, 2.45) is 5.92 Å². The van der Waals surface area contributed by atoms with Crippen LogP contribution in [0.3, 0.4) is 0 Å². The number of urea groups is 1. The van der Waals surface area contributed by atoms with Gasteiger partial charge in [0.15, 0.2) is 0 Å². The van der Waals surface area contributed by atoms with Crippen LogP contribution in [0.15, 0.2) is 42.5 Å². The summed E-state index contributed by atoms with van der Waals surface area (Å²) in [5.74, 6) is -1.08. The zero-order chi connectivity index (χ0) is 21.3. The quantitative estimate of drug-likeness (QED) is 0.611. The molecule has 1 heterocycles. The predicted octanol–water partition coefficient (Wildman–Crippen LogP) is 3.11. The molecule has 0 bridgehead atoms. The third-order valence-electron chi connectivity index (χ3n) is 4.44. The predicted molar refractivity (Wildman–Crippen MR) is 110 cm³/mol. The molecule has 2 aromatic rings. The Morgan fingerprint density at radius 3 is 2.24 bits per heavy atom. The van der Waals surface area contributed by atoms with Gasteiger partial charge in [-0.3, -0.25) is 19.3 Å². The first-order chi connectivity index (χ1) is 13.7. The van der Waals surface area contributed by atoms with Crippen LogP contribution in [-0.4, -0.2) is 35.2 Å². The molecule has 0 unspecified atom stereocenters. The van der Waals surface area contributed by atoms with Crippen LogP contribution in [0.25, 0.3) is 0 Å². The number of amides is 5. The van der Waals surface area contributed by atoms with E-state index in [4.69, 9.17) is 5.73 Å². The summed E-state index contributed by atoms with van der Waals surface area (Å²) in [5, 5.41) is 2.61. The van der Waals surface area contributed by atoms with Crippen LogP contribution < -0.4 is 16.0 Å². The van der Waals surface area contributed by atoms with Gasteiger partial charge in [0.25, 0.3) is 11.8 Å². The summed E-state index contributed by atoms with van der Waals surface area (Å²) in [6, 6.07) is 10.1. The maximum Gasteiger partial charge on any atom is 0.333 e. The van der Waals surface area contributed by atoms with Crippen LogP contribution in [0, 0.1) is 5.92 Å². The first kappa shape index (κ1) is 20.1. The second kappa shape index (κ2) is 7.75. The normalized spacial score (nSPS) is 12.9. The summed E-state index contributed by atoms with van der Waals surface area (Å²) in [6.07, 6.45) is 0. The van der Waals surface area contributed by atoms with Crippen LogP contribution in [-0.2, 0) is 4.79 Å². The molecule has 0 saturated heterocycles. The number of rotatable bonds is 4. The number of anilines is 3. The molecule has 1 aliphatic rings. The van der Waals surface area contributed by atoms with Crippen molar-refractivity contribution in [3.05, 3.63) is 53.6 Å². The average molecular weight is 394 g/mol. The lowest BCUT2D eigenvalue weighted by atomic mass is 10.1. The summed E-state index contributed by atoms with van der Waals surface area (Å²) < 4.78 is 0. The second-order valence-electron chi connectivity index (χ2n) is 7.25. The van der Waals surface area contributed by atoms with Gasteiger partial charge in [-0.1, -0.05) is 13.8 Å². The molecule has 8 heteroatoms. The van der Waals surface area contributed by atoms with Gasteiger partial charge in [-0.2, -0.15) is 0 Å². The number of nitrogens with zero attached hydrogens (tertiary/aromatic N) is 2. The van der Waals surface area contributed by atoms with E-state index in [-0.39, 0.29) is 17.4 Å². The molecule has 3 N–H and O–H groups in total. The molecular formula is C21H22N4O4. The van der Waals surface area contributed by atoms with Gasteiger partial charge in [-0.25, -0.2) is 9.69 Å². The van der Waals surface area contributed by atoms with E-state index in [1.54, 1.807) is 24.3 Å². The number of nitrogens with one attached hydrogen (secondary N) is 1. The van der Waals surface area contributed by atoms with Gasteiger partial charge in [0, 0.05) is 24.8 Å². The summed E-state index contributed by atoms with van der Waals surface area (Å²) in [5.41, 5.74) is 7.36. The van der Waals surface area contributed by atoms with E-state index in [1.165, 1.54) is 30.0 Å². The standard InChI is InChI=1S/C21H22N4O4/c1-12(2)11-24-19(27)17-9-6-15(10-18(17)20(24)28)23-21(29)25(13(3)26)16-7-4-14(22)5-8-16/h4-10,12H,11,22H2,1-3H3,(H,23,29). The first-order valence-electron chi connectivity index (χ1n) is 9.16. The molecule has 29 heavy (non-hydrogen) atoms. The fraction of sp³-hybridized carbons (Fsp3) is 0.238. The van der Waals surface area contributed by atoms with Crippen molar-refractivity contribution in [2.75, 3.05) is 22.5 Å². The molecule has 0 aromatic heterocycles. The van der Waals surface area contributed by atoms with E-state index in [1.807, 2.05) is 13.8 Å². The Balaban J connectivity index is 1.84. The van der Waals surface area contributed by atoms with Crippen molar-refractivity contribution in [2.45, 2.75) is 20.8 Å². The number of hydrogen-bond acceptors (Lipinski definition) is 5. The fourth-order valence-electron chi connectivity index (χ4n) is 3.14. The molecule has 0 radical (unpaired) electrons. The van der Waals surface area contributed by atoms with E-state index in [0.29, 0.717) is 29.2 Å². The maximum atomic E-state index is 12.7. The Morgan fingerprint density at radius 2 is 1.66 bits per heavy atom. The van der Waals surface area contributed by atoms with Gasteiger partial charge in [-0.15, -0.1) is 0 Å². The number of nitrogens with two attached hydrogens (primary N) is 1. The summed E-state index contributed by atoms with van der Waals surface area (Å²) in [7, 11) is 0. The third-order valence-corrected chi connectivity index (χ3v) is 4.44. The van der Waals surface area contributed by atoms with Crippen LogP contribution in [0.2, 0.25) is 0 Å². The lowest BCUT2D eigenvalue weighted by molar-refractivity contribution is -0.115. The monoisotopic (exact) mass is 394 g/mol. The number of hydrogen-bond donors (Lipinski definition) is 2. The lowest BCUT2D eigenvalue weighted by Gasteiger charge is -2.20. The molecule has 0 aliphatic carbocycles. The minimum absolute atomic E-state index is 0.139. The highest BCUT2D eigenvalue weighted by molar-refractivity contribution is 6.22. The van der Waals surface area contributed by atoms with E-state index < -0.39 is 17.8 Å². The molecule has 2 aromatic carbocycles. The van der Waals surface area contributed by atoms with Gasteiger partial charge < -0.3 is 11.1 Å². The van der Waals surface area contributed by atoms with Crippen LogP contribution >= 0.6 is 0 Å². The van der Waals surface area contributed by atoms with E-state index in [0.717, 1.165) is 4.90 Å². The Bertz CT molecular complexity index is 998. The number of carbonyl (C=O) groups is 4. The van der Waals surface area contributed by atoms with Crippen molar-refractivity contribution in [1.82, 2.24) is 4.90 Å². The zero-order valence-corrected chi connectivity index (χ0v) is 16.4. The third kappa shape index (κ3) is 3.96. The molecule has 3 rings (SSSR count). The molecule has 8 nitrogen and oxygen atoms in total. The highest BCUT2D eigenvalue weighted by atomic mass is 16.2. The Kier molecular flexibility index (Phi) is 5.36. The first-order valence-corrected chi connectivity index (χ1v) is 9.16. The SMILES string of the molecule is CC(=O)N(C(=O)Nc1ccc2c(c1)C(=O)N(CC(C)C)C2=O)c1ccc(N)cc1. The molecule has 0 spiro atoms. The highest BCUT2D eigenvalue weighted by Gasteiger charge is 2.36. The summed E-state index contributed by atoms with van der Waals surface area (Å²) in [6.45, 7) is 5.43. The van der Waals surface area contributed by atoms with Gasteiger partial charge in [0.1, 0.15) is 0 Å². The molecule has 5 amide bonds. The molecule has 150 valence electrons. The molecule has 0 fully saturated rings. The van der Waals surface area contributed by atoms with E-state index in [9.17, 15) is 19.2 Å². The van der Waals surface area contributed by atoms with Crippen LogP contribution in [0.5, 0.6) is 0 Å². The van der Waals surface area contributed by atoms with Gasteiger partial charge in [-0.05, 0) is 48.4 Å². The minimum atomic E-state index is -0.682. The fourth-order valence-corrected chi connectivity index (χ4v) is 3.14. The zero-order valence-electron chi connectivity index (χ0n) is 16.4. The number of benzene rings is 2. The lowest BCUT2D eigenvalue weighted by Crippen LogP contribution is -2.38. The van der Waals surface area contributed by atoms with Gasteiger partial charge >= 0.3 is 6.03 Å². The van der Waals surface area contributed by atoms with Gasteiger partial charge in [0.2, 0.25) is 5.91 Å². The summed E-state index contributed by atoms with van der Waals surface area (Å²) >= 11 is 0. The van der Waals surface area contributed by atoms with E-state index in [2.05, 4.69) is 5.32 Å². The number of imide groups is 2. The highest BCUT2D eigenvalue weighted by Crippen LogP contribution is 2.27. The Hall–Kier alpha value is -3.68. The molecular weight excluding hydrogens is 372 g/mol. The molecule has 0 atom stereocenters. The minimum Gasteiger partial charge on any atom is -0.399 e. The van der Waals surface area contributed by atoms with Gasteiger partial charge in [0.05, 0.1) is 16.8 Å². The topological polar surface area (TPSA) is 113 Å². The van der Waals surface area contributed by atoms with E-state index >= 15 is 0 Å². The van der Waals surface area contributed by atoms with Crippen LogP contribution in [0.4, 0.5) is 21.9 Å². The maximum absolute atomic E-state index is 12.7. The molecule has 1 aliphatic heterocycles. The molecule has 0 saturated carbocycles. The van der Waals surface area contributed by atoms with Crippen molar-refractivity contribution in [3.8, 4) is 0 Å².